The van der Waals surface area contributed by atoms with Crippen LogP contribution < -0.4 is 11.3 Å². The largest absolute Gasteiger partial charge is 0.493 e. The molecule has 5 nitrogen and oxygen atoms in total. The van der Waals surface area contributed by atoms with E-state index in [0.29, 0.717) is 5.16 Å². The highest BCUT2D eigenvalue weighted by Crippen LogP contribution is 2.33. The van der Waals surface area contributed by atoms with E-state index in [-0.39, 0.29) is 11.4 Å². The van der Waals surface area contributed by atoms with Crippen molar-refractivity contribution in [2.24, 2.45) is 11.7 Å². The molecule has 0 unspecified atom stereocenters. The summed E-state index contributed by atoms with van der Waals surface area (Å²) in [6.45, 7) is 4.00. The van der Waals surface area contributed by atoms with Gasteiger partial charge in [0.15, 0.2) is 5.16 Å². The second kappa shape index (κ2) is 10.6. The number of aromatic hydroxyl groups is 1. The third-order valence-corrected chi connectivity index (χ3v) is 3.30. The molecular formula is C13H23N3O2S. The molecule has 1 heterocycles. The van der Waals surface area contributed by atoms with Gasteiger partial charge in [0, 0.05) is 5.75 Å². The molecule has 1 aromatic rings. The van der Waals surface area contributed by atoms with Crippen LogP contribution in [-0.2, 0) is 0 Å². The predicted octanol–water partition coefficient (Wildman–Crippen LogP) is 2.13. The van der Waals surface area contributed by atoms with Crippen molar-refractivity contribution in [1.29, 1.82) is 0 Å². The van der Waals surface area contributed by atoms with E-state index >= 15 is 0 Å². The van der Waals surface area contributed by atoms with E-state index < -0.39 is 0 Å². The minimum atomic E-state index is -0.300. The first kappa shape index (κ1) is 17.7. The van der Waals surface area contributed by atoms with Crippen LogP contribution in [0.1, 0.15) is 26.7 Å². The first-order chi connectivity index (χ1) is 9.15. The third-order valence-electron chi connectivity index (χ3n) is 2.19. The maximum absolute atomic E-state index is 10.9. The lowest BCUT2D eigenvalue weighted by Crippen LogP contribution is -2.06. The lowest BCUT2D eigenvalue weighted by molar-refractivity contribution is 0.444. The molecule has 1 aromatic heterocycles. The summed E-state index contributed by atoms with van der Waals surface area (Å²) in [5, 5.41) is 9.54. The molecule has 0 amide bonds. The van der Waals surface area contributed by atoms with Crippen molar-refractivity contribution >= 4 is 11.8 Å². The maximum atomic E-state index is 10.9. The third kappa shape index (κ3) is 9.32. The molecule has 1 aliphatic carbocycles. The molecule has 0 aromatic carbocycles. The van der Waals surface area contributed by atoms with Crippen LogP contribution >= 0.6 is 11.8 Å². The summed E-state index contributed by atoms with van der Waals surface area (Å²) >= 11 is 1.49. The Kier molecular flexibility index (Phi) is 9.92. The fourth-order valence-corrected chi connectivity index (χ4v) is 2.03. The van der Waals surface area contributed by atoms with Crippen molar-refractivity contribution in [3.63, 3.8) is 0 Å². The molecule has 2 rings (SSSR count). The number of rotatable bonds is 3. The van der Waals surface area contributed by atoms with Gasteiger partial charge in [0.05, 0.1) is 6.07 Å². The Balaban J connectivity index is 0.000000467. The monoisotopic (exact) mass is 285 g/mol. The van der Waals surface area contributed by atoms with E-state index in [4.69, 9.17) is 5.11 Å². The van der Waals surface area contributed by atoms with Gasteiger partial charge in [-0.2, -0.15) is 4.98 Å². The zero-order valence-corrected chi connectivity index (χ0v) is 12.5. The number of H-pyrrole nitrogens is 1. The van der Waals surface area contributed by atoms with Crippen LogP contribution in [0.3, 0.4) is 0 Å². The Bertz CT molecular complexity index is 424. The fourth-order valence-electron chi connectivity index (χ4n) is 0.973. The minimum Gasteiger partial charge on any atom is -0.493 e. The zero-order valence-electron chi connectivity index (χ0n) is 11.7. The number of thioether (sulfide) groups is 1. The summed E-state index contributed by atoms with van der Waals surface area (Å²) in [7, 11) is 1.50. The lowest BCUT2D eigenvalue weighted by Gasteiger charge is -1.98. The molecule has 0 atom stereocenters. The van der Waals surface area contributed by atoms with Gasteiger partial charge in [0.2, 0.25) is 5.88 Å². The van der Waals surface area contributed by atoms with Gasteiger partial charge in [-0.3, -0.25) is 4.79 Å². The highest BCUT2D eigenvalue weighted by Gasteiger charge is 2.21. The standard InChI is InChI=1S/C8H10N2O2S.C4H8.CH5N/c11-6-3-7(12)10-8(9-6)13-4-5-1-2-5;1-3-4-2;1-2/h3,5H,1-2,4H2,(H2,9,10,11,12);3-4H,1-2H3;2H2,1H3. The van der Waals surface area contributed by atoms with Crippen molar-refractivity contribution < 1.29 is 5.11 Å². The number of hydrogen-bond acceptors (Lipinski definition) is 5. The molecule has 0 saturated heterocycles. The van der Waals surface area contributed by atoms with Crippen LogP contribution in [0.2, 0.25) is 0 Å². The van der Waals surface area contributed by atoms with Gasteiger partial charge >= 0.3 is 0 Å². The molecule has 19 heavy (non-hydrogen) atoms. The number of allylic oxidation sites excluding steroid dienone is 2. The average molecular weight is 285 g/mol. The maximum Gasteiger partial charge on any atom is 0.255 e. The van der Waals surface area contributed by atoms with Gasteiger partial charge in [-0.1, -0.05) is 23.9 Å². The number of hydrogen-bond donors (Lipinski definition) is 3. The van der Waals surface area contributed by atoms with Crippen LogP contribution in [0, 0.1) is 5.92 Å². The summed E-state index contributed by atoms with van der Waals surface area (Å²) in [5.41, 5.74) is 4.20. The second-order valence-corrected chi connectivity index (χ2v) is 4.84. The van der Waals surface area contributed by atoms with E-state index in [9.17, 15) is 4.79 Å². The topological polar surface area (TPSA) is 92.0 Å². The highest BCUT2D eigenvalue weighted by molar-refractivity contribution is 7.99. The number of nitrogens with two attached hydrogens (primary N) is 1. The lowest BCUT2D eigenvalue weighted by atomic mass is 10.5. The van der Waals surface area contributed by atoms with Crippen LogP contribution in [0.5, 0.6) is 5.88 Å². The first-order valence-electron chi connectivity index (χ1n) is 6.24. The number of aromatic amines is 1. The molecule has 108 valence electrons. The molecule has 1 aliphatic rings. The minimum absolute atomic E-state index is 0.206. The van der Waals surface area contributed by atoms with Gasteiger partial charge in [0.25, 0.3) is 5.56 Å². The Morgan fingerprint density at radius 3 is 2.47 bits per heavy atom. The van der Waals surface area contributed by atoms with E-state index in [1.807, 2.05) is 26.0 Å². The van der Waals surface area contributed by atoms with Crippen molar-refractivity contribution in [1.82, 2.24) is 9.97 Å². The predicted molar refractivity (Wildman–Crippen MR) is 80.6 cm³/mol. The summed E-state index contributed by atoms with van der Waals surface area (Å²) in [6, 6.07) is 1.07. The van der Waals surface area contributed by atoms with Crippen molar-refractivity contribution in [2.75, 3.05) is 12.8 Å². The normalized spacial score (nSPS) is 13.3. The molecule has 6 heteroatoms. The summed E-state index contributed by atoms with van der Waals surface area (Å²) in [6.07, 6.45) is 6.55. The average Bonchev–Trinajstić information content (AvgIpc) is 3.22. The number of nitrogens with one attached hydrogen (secondary N) is 1. The van der Waals surface area contributed by atoms with Gasteiger partial charge < -0.3 is 15.8 Å². The Morgan fingerprint density at radius 2 is 2.05 bits per heavy atom. The summed E-state index contributed by atoms with van der Waals surface area (Å²) < 4.78 is 0. The molecule has 1 saturated carbocycles. The zero-order chi connectivity index (χ0) is 14.7. The molecule has 4 N–H and O–H groups in total. The highest BCUT2D eigenvalue weighted by atomic mass is 32.2. The van der Waals surface area contributed by atoms with E-state index in [1.165, 1.54) is 31.7 Å². The quantitative estimate of drug-likeness (QED) is 0.449. The summed E-state index contributed by atoms with van der Waals surface area (Å²) in [5.74, 6) is 1.55. The second-order valence-electron chi connectivity index (χ2n) is 3.83. The van der Waals surface area contributed by atoms with Crippen LogP contribution in [0.4, 0.5) is 0 Å². The molecule has 0 radical (unpaired) electrons. The number of aromatic nitrogens is 2. The van der Waals surface area contributed by atoms with Gasteiger partial charge in [-0.15, -0.1) is 0 Å². The van der Waals surface area contributed by atoms with E-state index in [2.05, 4.69) is 15.7 Å². The first-order valence-corrected chi connectivity index (χ1v) is 7.22. The van der Waals surface area contributed by atoms with Crippen molar-refractivity contribution in [3.8, 4) is 5.88 Å². The molecule has 0 aliphatic heterocycles. The molecular weight excluding hydrogens is 262 g/mol. The summed E-state index contributed by atoms with van der Waals surface area (Å²) in [4.78, 5) is 17.3. The van der Waals surface area contributed by atoms with Crippen molar-refractivity contribution in [3.05, 3.63) is 28.6 Å². The van der Waals surface area contributed by atoms with E-state index in [0.717, 1.165) is 17.7 Å². The number of nitrogens with zero attached hydrogens (tertiary/aromatic N) is 1. The van der Waals surface area contributed by atoms with E-state index in [1.54, 1.807) is 0 Å². The molecule has 0 spiro atoms. The Hall–Kier alpha value is -1.27. The smallest absolute Gasteiger partial charge is 0.255 e. The SMILES string of the molecule is CC=CC.CN.O=c1cc(O)nc(SCC2CC2)[nH]1. The molecule has 0 bridgehead atoms. The van der Waals surface area contributed by atoms with Crippen molar-refractivity contribution in [2.45, 2.75) is 31.8 Å². The van der Waals surface area contributed by atoms with Gasteiger partial charge in [-0.05, 0) is 39.7 Å². The van der Waals surface area contributed by atoms with Crippen LogP contribution in [-0.4, -0.2) is 27.9 Å². The van der Waals surface area contributed by atoms with Gasteiger partial charge in [-0.25, -0.2) is 0 Å². The fraction of sp³-hybridized carbons (Fsp3) is 0.538. The van der Waals surface area contributed by atoms with Crippen LogP contribution in [0.25, 0.3) is 0 Å². The Morgan fingerprint density at radius 1 is 1.47 bits per heavy atom. The molecule has 1 fully saturated rings. The van der Waals surface area contributed by atoms with Gasteiger partial charge in [0.1, 0.15) is 0 Å². The Labute approximate surface area is 118 Å². The van der Waals surface area contributed by atoms with Crippen LogP contribution in [0.15, 0.2) is 28.2 Å².